The number of hydrogen-bond acceptors (Lipinski definition) is 1. The number of fused-ring (bicyclic) bond motifs is 6. The molecule has 0 aliphatic rings. The summed E-state index contributed by atoms with van der Waals surface area (Å²) in [6.07, 6.45) is -0.557. The highest BCUT2D eigenvalue weighted by Gasteiger charge is 2.17. The molecule has 4 aromatic carbocycles. The molecule has 0 amide bonds. The Kier molecular flexibility index (Phi) is 4.81. The second kappa shape index (κ2) is 7.86. The molecule has 0 saturated carbocycles. The van der Waals surface area contributed by atoms with Gasteiger partial charge in [0, 0.05) is 43.6 Å². The van der Waals surface area contributed by atoms with Crippen molar-refractivity contribution in [3.05, 3.63) is 84.9 Å². The minimum absolute atomic E-state index is 0.500. The topological polar surface area (TPSA) is 30.1 Å². The van der Waals surface area contributed by atoms with Crippen molar-refractivity contribution in [2.24, 2.45) is 0 Å². The van der Waals surface area contributed by atoms with Gasteiger partial charge in [-0.2, -0.15) is 0 Å². The van der Waals surface area contributed by atoms with Crippen molar-refractivity contribution in [1.29, 1.82) is 0 Å². The second-order valence-electron chi connectivity index (χ2n) is 8.75. The normalized spacial score (nSPS) is 12.8. The summed E-state index contributed by atoms with van der Waals surface area (Å²) < 4.78 is 4.47. The zero-order valence-electron chi connectivity index (χ0n) is 18.6. The van der Waals surface area contributed by atoms with Crippen LogP contribution in [0.1, 0.15) is 0 Å². The van der Waals surface area contributed by atoms with E-state index in [1.807, 2.05) is 19.0 Å². The fraction of sp³-hybridized carbons (Fsp3) is 0.143. The fourth-order valence-corrected chi connectivity index (χ4v) is 5.19. The maximum atomic E-state index is 11.3. The quantitative estimate of drug-likeness (QED) is 0.414. The number of aliphatic hydroxyl groups excluding tert-OH is 1. The van der Waals surface area contributed by atoms with Gasteiger partial charge in [0.1, 0.15) is 15.1 Å². The molecule has 2 aromatic heterocycles. The number of benzene rings is 4. The molecule has 0 bridgehead atoms. The van der Waals surface area contributed by atoms with Gasteiger partial charge >= 0.3 is 0 Å². The van der Waals surface area contributed by atoms with Gasteiger partial charge in [-0.1, -0.05) is 78.4 Å². The molecule has 3 radical (unpaired) electrons. The summed E-state index contributed by atoms with van der Waals surface area (Å²) >= 11 is 0. The lowest BCUT2D eigenvalue weighted by molar-refractivity contribution is 0.140. The van der Waals surface area contributed by atoms with Crippen molar-refractivity contribution in [1.82, 2.24) is 9.13 Å². The van der Waals surface area contributed by atoms with E-state index in [0.717, 1.165) is 38.3 Å². The van der Waals surface area contributed by atoms with Gasteiger partial charge in [0.05, 0.1) is 19.2 Å². The number of rotatable bonds is 5. The summed E-state index contributed by atoms with van der Waals surface area (Å²) in [4.78, 5) is 0. The SMILES string of the molecule is [B]c1ccc2c(c1)c1cc([B]C)ccc1n2CC(O)Cn1c2ccccc2c2ccccc21. The van der Waals surface area contributed by atoms with Crippen LogP contribution in [0.4, 0.5) is 0 Å². The van der Waals surface area contributed by atoms with E-state index < -0.39 is 6.10 Å². The van der Waals surface area contributed by atoms with Crippen LogP contribution in [0.2, 0.25) is 6.82 Å². The maximum Gasteiger partial charge on any atom is 0.148 e. The van der Waals surface area contributed by atoms with Crippen molar-refractivity contribution < 1.29 is 5.11 Å². The Morgan fingerprint density at radius 2 is 1.21 bits per heavy atom. The smallest absolute Gasteiger partial charge is 0.148 e. The molecule has 5 heteroatoms. The fourth-order valence-electron chi connectivity index (χ4n) is 5.19. The molecule has 0 saturated heterocycles. The first-order chi connectivity index (χ1) is 16.1. The summed E-state index contributed by atoms with van der Waals surface area (Å²) in [5, 5.41) is 16.0. The Labute approximate surface area is 194 Å². The largest absolute Gasteiger partial charge is 0.389 e. The zero-order valence-corrected chi connectivity index (χ0v) is 18.6. The molecule has 0 aliphatic heterocycles. The molecule has 6 aromatic rings. The molecule has 6 rings (SSSR count). The summed E-state index contributed by atoms with van der Waals surface area (Å²) in [5.74, 6) is 0. The van der Waals surface area contributed by atoms with E-state index in [0.29, 0.717) is 13.1 Å². The molecule has 157 valence electrons. The third-order valence-electron chi connectivity index (χ3n) is 6.71. The molecular formula is C28H23B2N2O. The monoisotopic (exact) mass is 425 g/mol. The lowest BCUT2D eigenvalue weighted by Gasteiger charge is -2.17. The average molecular weight is 425 g/mol. The minimum Gasteiger partial charge on any atom is -0.389 e. The first-order valence-corrected chi connectivity index (χ1v) is 11.4. The van der Waals surface area contributed by atoms with Crippen LogP contribution in [0.25, 0.3) is 43.6 Å². The van der Waals surface area contributed by atoms with Crippen LogP contribution < -0.4 is 10.9 Å². The number of nitrogens with zero attached hydrogens (tertiary/aromatic N) is 2. The second-order valence-corrected chi connectivity index (χ2v) is 8.75. The molecule has 1 N–H and O–H groups in total. The van der Waals surface area contributed by atoms with Crippen molar-refractivity contribution >= 4 is 69.7 Å². The lowest BCUT2D eigenvalue weighted by Crippen LogP contribution is -2.22. The van der Waals surface area contributed by atoms with Gasteiger partial charge in [0.2, 0.25) is 0 Å². The molecule has 2 heterocycles. The van der Waals surface area contributed by atoms with E-state index in [2.05, 4.69) is 89.2 Å². The maximum absolute atomic E-state index is 11.3. The summed E-state index contributed by atoms with van der Waals surface area (Å²) in [6, 6.07) is 29.3. The predicted molar refractivity (Wildman–Crippen MR) is 142 cm³/mol. The van der Waals surface area contributed by atoms with Crippen molar-refractivity contribution in [3.63, 3.8) is 0 Å². The van der Waals surface area contributed by atoms with Crippen LogP contribution in [0.15, 0.2) is 84.9 Å². The highest BCUT2D eigenvalue weighted by molar-refractivity contribution is 6.52. The van der Waals surface area contributed by atoms with Gasteiger partial charge < -0.3 is 14.2 Å². The van der Waals surface area contributed by atoms with Gasteiger partial charge in [-0.15, -0.1) is 0 Å². The Bertz CT molecular complexity index is 1590. The van der Waals surface area contributed by atoms with Crippen molar-refractivity contribution in [2.75, 3.05) is 0 Å². The zero-order chi connectivity index (χ0) is 22.5. The number of hydrogen-bond donors (Lipinski definition) is 1. The van der Waals surface area contributed by atoms with Crippen LogP contribution in [0.3, 0.4) is 0 Å². The Hall–Kier alpha value is -3.43. The van der Waals surface area contributed by atoms with Crippen LogP contribution in [0.5, 0.6) is 0 Å². The van der Waals surface area contributed by atoms with Crippen LogP contribution in [-0.2, 0) is 13.1 Å². The predicted octanol–water partition coefficient (Wildman–Crippen LogP) is 4.13. The van der Waals surface area contributed by atoms with Crippen LogP contribution >= 0.6 is 0 Å². The Balaban J connectivity index is 1.44. The standard InChI is InChI=1S/C28H23B2N2O/c1-30-19-11-13-28-24(15-19)23-14-18(29)10-12-27(23)32(28)17-20(33)16-31-25-8-4-2-6-21(25)22-7-3-5-9-26(22)31/h2-15,20,33H,16-17H2,1H3. The first-order valence-electron chi connectivity index (χ1n) is 11.4. The van der Waals surface area contributed by atoms with Crippen molar-refractivity contribution in [3.8, 4) is 0 Å². The van der Waals surface area contributed by atoms with Gasteiger partial charge in [-0.25, -0.2) is 0 Å². The third kappa shape index (κ3) is 3.27. The Morgan fingerprint density at radius 1 is 0.697 bits per heavy atom. The van der Waals surface area contributed by atoms with Crippen LogP contribution in [-0.4, -0.2) is 35.5 Å². The molecular weight excluding hydrogens is 402 g/mol. The molecule has 1 unspecified atom stereocenters. The van der Waals surface area contributed by atoms with Gasteiger partial charge in [0.25, 0.3) is 0 Å². The van der Waals surface area contributed by atoms with E-state index in [1.165, 1.54) is 16.2 Å². The summed E-state index contributed by atoms with van der Waals surface area (Å²) in [7, 11) is 8.23. The molecule has 0 spiro atoms. The van der Waals surface area contributed by atoms with Gasteiger partial charge in [0.15, 0.2) is 0 Å². The molecule has 0 aliphatic carbocycles. The number of aliphatic hydroxyl groups is 1. The highest BCUT2D eigenvalue weighted by Crippen LogP contribution is 2.31. The molecule has 33 heavy (non-hydrogen) atoms. The lowest BCUT2D eigenvalue weighted by atomic mass is 9.73. The first kappa shape index (κ1) is 20.2. The van der Waals surface area contributed by atoms with E-state index in [4.69, 9.17) is 7.85 Å². The Morgan fingerprint density at radius 3 is 1.82 bits per heavy atom. The van der Waals surface area contributed by atoms with E-state index in [1.54, 1.807) is 0 Å². The van der Waals surface area contributed by atoms with Gasteiger partial charge in [-0.3, -0.25) is 0 Å². The highest BCUT2D eigenvalue weighted by atomic mass is 16.3. The number of para-hydroxylation sites is 2. The summed E-state index contributed by atoms with van der Waals surface area (Å²) in [5.41, 5.74) is 6.43. The summed E-state index contributed by atoms with van der Waals surface area (Å²) in [6.45, 7) is 3.06. The molecule has 1 atom stereocenters. The molecule has 3 nitrogen and oxygen atoms in total. The van der Waals surface area contributed by atoms with Gasteiger partial charge in [-0.05, 0) is 24.3 Å². The number of aromatic nitrogens is 2. The van der Waals surface area contributed by atoms with E-state index in [9.17, 15) is 5.11 Å². The average Bonchev–Trinajstić information content (AvgIpc) is 3.31. The van der Waals surface area contributed by atoms with Crippen molar-refractivity contribution in [2.45, 2.75) is 26.0 Å². The van der Waals surface area contributed by atoms with E-state index >= 15 is 0 Å². The van der Waals surface area contributed by atoms with E-state index in [-0.39, 0.29) is 0 Å². The van der Waals surface area contributed by atoms with Crippen LogP contribution in [0, 0.1) is 0 Å². The third-order valence-corrected chi connectivity index (χ3v) is 6.71. The minimum atomic E-state index is -0.557. The molecule has 0 fully saturated rings.